The van der Waals surface area contributed by atoms with Gasteiger partial charge in [-0.15, -0.1) is 0 Å². The van der Waals surface area contributed by atoms with Gasteiger partial charge >= 0.3 is 0 Å². The number of benzene rings is 1. The topological polar surface area (TPSA) is 12.9 Å². The molecule has 2 rings (SSSR count). The molecule has 72 valence electrons. The summed E-state index contributed by atoms with van der Waals surface area (Å²) in [5.41, 5.74) is 0.636. The van der Waals surface area contributed by atoms with Crippen LogP contribution in [0, 0.1) is 0 Å². The van der Waals surface area contributed by atoms with Crippen molar-refractivity contribution in [3.8, 4) is 0 Å². The van der Waals surface area contributed by atoms with Gasteiger partial charge in [-0.3, -0.25) is 4.98 Å². The van der Waals surface area contributed by atoms with Crippen molar-refractivity contribution in [2.24, 2.45) is 0 Å². The van der Waals surface area contributed by atoms with E-state index in [0.717, 1.165) is 0 Å². The Labute approximate surface area is 101 Å². The molecular weight excluding hydrogens is 264 g/mol. The van der Waals surface area contributed by atoms with Gasteiger partial charge in [-0.2, -0.15) is 0 Å². The molecule has 0 bridgehead atoms. The Bertz CT molecular complexity index is 510. The summed E-state index contributed by atoms with van der Waals surface area (Å²) in [5, 5.41) is 2.38. The van der Waals surface area contributed by atoms with Crippen molar-refractivity contribution < 1.29 is 0 Å². The zero-order valence-corrected chi connectivity index (χ0v) is 9.71. The van der Waals surface area contributed by atoms with E-state index in [1.807, 2.05) is 0 Å². The molecule has 1 heterocycles. The van der Waals surface area contributed by atoms with E-state index >= 15 is 0 Å². The molecule has 0 aliphatic heterocycles. The fourth-order valence-corrected chi connectivity index (χ4v) is 2.20. The predicted octanol–water partition coefficient (Wildman–Crippen LogP) is 4.85. The number of nitrogens with zero attached hydrogens (tertiary/aromatic N) is 1. The SMILES string of the molecule is Clc1cc(Cl)c2c(Cl)c(Cl)cnc2c1. The van der Waals surface area contributed by atoms with Gasteiger partial charge < -0.3 is 0 Å². The molecule has 0 fully saturated rings. The van der Waals surface area contributed by atoms with Gasteiger partial charge in [0, 0.05) is 16.6 Å². The summed E-state index contributed by atoms with van der Waals surface area (Å²) in [7, 11) is 0. The van der Waals surface area contributed by atoms with Crippen LogP contribution in [0.5, 0.6) is 0 Å². The molecule has 0 aliphatic carbocycles. The van der Waals surface area contributed by atoms with Gasteiger partial charge in [0.2, 0.25) is 0 Å². The average molecular weight is 267 g/mol. The Hall–Kier alpha value is -0.210. The van der Waals surface area contributed by atoms with Crippen LogP contribution in [0.25, 0.3) is 10.9 Å². The first-order valence-corrected chi connectivity index (χ1v) is 5.19. The highest BCUT2D eigenvalue weighted by Crippen LogP contribution is 2.35. The van der Waals surface area contributed by atoms with Gasteiger partial charge in [-0.25, -0.2) is 0 Å². The van der Waals surface area contributed by atoms with Crippen LogP contribution < -0.4 is 0 Å². The van der Waals surface area contributed by atoms with Crippen molar-refractivity contribution in [2.45, 2.75) is 0 Å². The number of fused-ring (bicyclic) bond motifs is 1. The maximum Gasteiger partial charge on any atom is 0.0782 e. The Morgan fingerprint density at radius 2 is 1.64 bits per heavy atom. The Balaban J connectivity index is 2.95. The van der Waals surface area contributed by atoms with Gasteiger partial charge in [0.25, 0.3) is 0 Å². The molecule has 0 spiro atoms. The Kier molecular flexibility index (Phi) is 2.76. The van der Waals surface area contributed by atoms with Crippen LogP contribution in [0.1, 0.15) is 0 Å². The summed E-state index contributed by atoms with van der Waals surface area (Å²) in [6, 6.07) is 3.29. The van der Waals surface area contributed by atoms with Crippen molar-refractivity contribution in [1.29, 1.82) is 0 Å². The molecule has 1 aromatic heterocycles. The summed E-state index contributed by atoms with van der Waals surface area (Å²) in [6.07, 6.45) is 1.47. The van der Waals surface area contributed by atoms with Gasteiger partial charge in [-0.05, 0) is 12.1 Å². The minimum absolute atomic E-state index is 0.378. The molecule has 0 N–H and O–H groups in total. The zero-order valence-electron chi connectivity index (χ0n) is 6.69. The Morgan fingerprint density at radius 3 is 2.36 bits per heavy atom. The highest BCUT2D eigenvalue weighted by atomic mass is 35.5. The van der Waals surface area contributed by atoms with Crippen molar-refractivity contribution in [3.05, 3.63) is 38.4 Å². The van der Waals surface area contributed by atoms with Crippen LogP contribution in [0.15, 0.2) is 18.3 Å². The predicted molar refractivity (Wildman–Crippen MR) is 61.8 cm³/mol. The first kappa shape index (κ1) is 10.3. The summed E-state index contributed by atoms with van der Waals surface area (Å²) >= 11 is 23.6. The molecule has 0 radical (unpaired) electrons. The van der Waals surface area contributed by atoms with Crippen LogP contribution in [0.2, 0.25) is 20.1 Å². The molecule has 0 aliphatic rings. The van der Waals surface area contributed by atoms with Crippen molar-refractivity contribution in [3.63, 3.8) is 0 Å². The molecule has 0 unspecified atom stereocenters. The molecule has 0 atom stereocenters. The zero-order chi connectivity index (χ0) is 10.3. The quantitative estimate of drug-likeness (QED) is 0.664. The van der Waals surface area contributed by atoms with Gasteiger partial charge in [0.05, 0.1) is 20.6 Å². The lowest BCUT2D eigenvalue weighted by molar-refractivity contribution is 1.41. The number of aromatic nitrogens is 1. The van der Waals surface area contributed by atoms with E-state index in [1.165, 1.54) is 6.20 Å². The second kappa shape index (κ2) is 3.74. The molecule has 2 aromatic rings. The molecule has 5 heteroatoms. The van der Waals surface area contributed by atoms with Crippen LogP contribution >= 0.6 is 46.4 Å². The van der Waals surface area contributed by atoms with E-state index in [2.05, 4.69) is 4.98 Å². The maximum absolute atomic E-state index is 5.98. The number of pyridine rings is 1. The van der Waals surface area contributed by atoms with E-state index in [-0.39, 0.29) is 0 Å². The summed E-state index contributed by atoms with van der Waals surface area (Å²) < 4.78 is 0. The van der Waals surface area contributed by atoms with Crippen molar-refractivity contribution >= 4 is 57.3 Å². The fraction of sp³-hybridized carbons (Fsp3) is 0. The molecule has 0 saturated heterocycles. The molecule has 1 aromatic carbocycles. The second-order valence-electron chi connectivity index (χ2n) is 2.70. The molecule has 0 saturated carbocycles. The second-order valence-corrected chi connectivity index (χ2v) is 4.33. The van der Waals surface area contributed by atoms with E-state index in [9.17, 15) is 0 Å². The maximum atomic E-state index is 5.98. The fourth-order valence-electron chi connectivity index (χ4n) is 1.18. The van der Waals surface area contributed by atoms with E-state index in [4.69, 9.17) is 46.4 Å². The van der Waals surface area contributed by atoms with E-state index in [1.54, 1.807) is 12.1 Å². The van der Waals surface area contributed by atoms with Crippen molar-refractivity contribution in [2.75, 3.05) is 0 Å². The third kappa shape index (κ3) is 1.66. The van der Waals surface area contributed by atoms with Crippen LogP contribution in [0.4, 0.5) is 0 Å². The summed E-state index contributed by atoms with van der Waals surface area (Å²) in [5.74, 6) is 0. The summed E-state index contributed by atoms with van der Waals surface area (Å²) in [4.78, 5) is 4.08. The third-order valence-electron chi connectivity index (χ3n) is 1.78. The van der Waals surface area contributed by atoms with Crippen LogP contribution in [0.3, 0.4) is 0 Å². The summed E-state index contributed by atoms with van der Waals surface area (Å²) in [6.45, 7) is 0. The minimum Gasteiger partial charge on any atom is -0.254 e. The van der Waals surface area contributed by atoms with Gasteiger partial charge in [-0.1, -0.05) is 46.4 Å². The first-order chi connectivity index (χ1) is 6.59. The number of halogens is 4. The number of rotatable bonds is 0. The largest absolute Gasteiger partial charge is 0.254 e. The number of hydrogen-bond acceptors (Lipinski definition) is 1. The monoisotopic (exact) mass is 265 g/mol. The molecule has 0 amide bonds. The van der Waals surface area contributed by atoms with E-state index < -0.39 is 0 Å². The van der Waals surface area contributed by atoms with Crippen molar-refractivity contribution in [1.82, 2.24) is 4.98 Å². The average Bonchev–Trinajstić information content (AvgIpc) is 2.10. The highest BCUT2D eigenvalue weighted by molar-refractivity contribution is 6.48. The third-order valence-corrected chi connectivity index (χ3v) is 3.07. The normalized spacial score (nSPS) is 10.9. The van der Waals surface area contributed by atoms with Crippen LogP contribution in [-0.2, 0) is 0 Å². The highest BCUT2D eigenvalue weighted by Gasteiger charge is 2.09. The lowest BCUT2D eigenvalue weighted by Gasteiger charge is -2.04. The van der Waals surface area contributed by atoms with E-state index in [0.29, 0.717) is 31.0 Å². The Morgan fingerprint density at radius 1 is 0.929 bits per heavy atom. The lowest BCUT2D eigenvalue weighted by atomic mass is 10.2. The smallest absolute Gasteiger partial charge is 0.0782 e. The molecule has 14 heavy (non-hydrogen) atoms. The van der Waals surface area contributed by atoms with Gasteiger partial charge in [0.1, 0.15) is 0 Å². The molecular formula is C9H3Cl4N. The lowest BCUT2D eigenvalue weighted by Crippen LogP contribution is -1.82. The van der Waals surface area contributed by atoms with Crippen LogP contribution in [-0.4, -0.2) is 4.98 Å². The standard InChI is InChI=1S/C9H3Cl4N/c10-4-1-5(11)8-7(2-4)14-3-6(12)9(8)13/h1-3H. The number of hydrogen-bond donors (Lipinski definition) is 0. The molecule has 1 nitrogen and oxygen atoms in total. The first-order valence-electron chi connectivity index (χ1n) is 3.68. The minimum atomic E-state index is 0.378. The van der Waals surface area contributed by atoms with Gasteiger partial charge in [0.15, 0.2) is 0 Å².